The molecule has 0 fully saturated rings. The summed E-state index contributed by atoms with van der Waals surface area (Å²) in [6, 6.07) is 14.0. The molecule has 0 spiro atoms. The van der Waals surface area contributed by atoms with Gasteiger partial charge in [0.25, 0.3) is 0 Å². The summed E-state index contributed by atoms with van der Waals surface area (Å²) < 4.78 is 13.4. The first-order chi connectivity index (χ1) is 15.9. The van der Waals surface area contributed by atoms with Crippen molar-refractivity contribution in [3.05, 3.63) is 95.5 Å². The highest BCUT2D eigenvalue weighted by molar-refractivity contribution is 6.12. The van der Waals surface area contributed by atoms with Gasteiger partial charge >= 0.3 is 0 Å². The second-order valence-electron chi connectivity index (χ2n) is 7.92. The van der Waals surface area contributed by atoms with E-state index in [1.54, 1.807) is 50.3 Å². The van der Waals surface area contributed by atoms with Crippen LogP contribution in [0.4, 0.5) is 4.39 Å². The molecule has 1 amide bonds. The molecule has 1 aliphatic carbocycles. The lowest BCUT2D eigenvalue weighted by Gasteiger charge is -2.27. The van der Waals surface area contributed by atoms with Crippen LogP contribution in [0.15, 0.2) is 78.5 Å². The Morgan fingerprint density at radius 1 is 0.909 bits per heavy atom. The number of hydrogen-bond acceptors (Lipinski definition) is 3. The normalized spacial score (nSPS) is 14.4. The van der Waals surface area contributed by atoms with Crippen LogP contribution in [-0.2, 0) is 9.59 Å². The van der Waals surface area contributed by atoms with Crippen LogP contribution in [0.25, 0.3) is 0 Å². The van der Waals surface area contributed by atoms with Crippen LogP contribution in [0.1, 0.15) is 62.4 Å². The molecular formula is C28H32FNO3. The molecule has 1 aliphatic rings. The Balaban J connectivity index is 0.00000187. The van der Waals surface area contributed by atoms with Crippen molar-refractivity contribution in [2.24, 2.45) is 11.8 Å². The van der Waals surface area contributed by atoms with E-state index in [0.29, 0.717) is 11.3 Å². The van der Waals surface area contributed by atoms with E-state index in [2.05, 4.69) is 5.32 Å². The summed E-state index contributed by atoms with van der Waals surface area (Å²) in [5.41, 5.74) is 1.44. The minimum Gasteiger partial charge on any atom is -0.326 e. The number of allylic oxidation sites excluding steroid dienone is 3. The molecule has 0 heterocycles. The SMILES string of the molecule is CC.CC(C)C(=O)C(C(=O)NC1=CCCC=C1)C(C(=O)c1ccc(F)cc1)c1ccccc1. The van der Waals surface area contributed by atoms with E-state index in [9.17, 15) is 18.8 Å². The summed E-state index contributed by atoms with van der Waals surface area (Å²) in [6.45, 7) is 7.43. The zero-order chi connectivity index (χ0) is 24.4. The number of ketones is 2. The molecule has 4 nitrogen and oxygen atoms in total. The zero-order valence-corrected chi connectivity index (χ0v) is 19.7. The third-order valence-electron chi connectivity index (χ3n) is 5.32. The number of benzene rings is 2. The van der Waals surface area contributed by atoms with E-state index in [-0.39, 0.29) is 11.3 Å². The summed E-state index contributed by atoms with van der Waals surface area (Å²) in [4.78, 5) is 40.1. The number of rotatable bonds is 8. The molecule has 1 N–H and O–H groups in total. The van der Waals surface area contributed by atoms with Crippen LogP contribution < -0.4 is 5.32 Å². The number of halogens is 1. The molecule has 33 heavy (non-hydrogen) atoms. The summed E-state index contributed by atoms with van der Waals surface area (Å²) >= 11 is 0. The summed E-state index contributed by atoms with van der Waals surface area (Å²) in [5.74, 6) is -4.36. The van der Waals surface area contributed by atoms with Crippen molar-refractivity contribution >= 4 is 17.5 Å². The molecule has 0 saturated heterocycles. The predicted octanol–water partition coefficient (Wildman–Crippen LogP) is 6.01. The minimum atomic E-state index is -1.21. The molecule has 2 aromatic rings. The Kier molecular flexibility index (Phi) is 9.92. The summed E-state index contributed by atoms with van der Waals surface area (Å²) in [5, 5.41) is 2.82. The third-order valence-corrected chi connectivity index (χ3v) is 5.32. The van der Waals surface area contributed by atoms with Gasteiger partial charge in [0, 0.05) is 17.2 Å². The summed E-state index contributed by atoms with van der Waals surface area (Å²) in [6.07, 6.45) is 7.34. The van der Waals surface area contributed by atoms with Crippen molar-refractivity contribution in [3.8, 4) is 0 Å². The molecule has 2 unspecified atom stereocenters. The largest absolute Gasteiger partial charge is 0.326 e. The van der Waals surface area contributed by atoms with Crippen LogP contribution in [0.2, 0.25) is 0 Å². The highest BCUT2D eigenvalue weighted by Gasteiger charge is 2.41. The number of carbonyl (C=O) groups is 3. The van der Waals surface area contributed by atoms with Gasteiger partial charge in [0.2, 0.25) is 5.91 Å². The monoisotopic (exact) mass is 449 g/mol. The Morgan fingerprint density at radius 2 is 1.55 bits per heavy atom. The molecule has 0 saturated carbocycles. The highest BCUT2D eigenvalue weighted by atomic mass is 19.1. The standard InChI is InChI=1S/C26H26FNO3.C2H6/c1-17(2)24(29)23(26(31)28-21-11-7-4-8-12-21)22(18-9-5-3-6-10-18)25(30)19-13-15-20(27)16-14-19;1-2/h3,5-7,9-17,22-23H,4,8H2,1-2H3,(H,28,31);1-2H3. The van der Waals surface area contributed by atoms with Gasteiger partial charge in [0.15, 0.2) is 5.78 Å². The van der Waals surface area contributed by atoms with Crippen molar-refractivity contribution in [1.29, 1.82) is 0 Å². The van der Waals surface area contributed by atoms with Crippen molar-refractivity contribution < 1.29 is 18.8 Å². The van der Waals surface area contributed by atoms with Crippen LogP contribution in [-0.4, -0.2) is 17.5 Å². The second-order valence-corrected chi connectivity index (χ2v) is 7.92. The number of nitrogens with one attached hydrogen (secondary N) is 1. The van der Waals surface area contributed by atoms with Crippen LogP contribution >= 0.6 is 0 Å². The van der Waals surface area contributed by atoms with E-state index in [1.165, 1.54) is 24.3 Å². The minimum absolute atomic E-state index is 0.251. The lowest BCUT2D eigenvalue weighted by Crippen LogP contribution is -2.42. The first kappa shape index (κ1) is 25.9. The molecule has 0 aliphatic heterocycles. The Bertz CT molecular complexity index is 1010. The van der Waals surface area contributed by atoms with Gasteiger partial charge in [-0.15, -0.1) is 0 Å². The van der Waals surface area contributed by atoms with Gasteiger partial charge in [-0.05, 0) is 48.7 Å². The van der Waals surface area contributed by atoms with Gasteiger partial charge < -0.3 is 5.32 Å². The fourth-order valence-corrected chi connectivity index (χ4v) is 3.68. The maximum absolute atomic E-state index is 13.5. The lowest BCUT2D eigenvalue weighted by atomic mass is 9.75. The average Bonchev–Trinajstić information content (AvgIpc) is 2.84. The maximum Gasteiger partial charge on any atom is 0.236 e. The third kappa shape index (κ3) is 6.82. The van der Waals surface area contributed by atoms with E-state index >= 15 is 0 Å². The van der Waals surface area contributed by atoms with Gasteiger partial charge in [-0.2, -0.15) is 0 Å². The molecule has 0 radical (unpaired) electrons. The number of amides is 1. The first-order valence-electron chi connectivity index (χ1n) is 11.4. The van der Waals surface area contributed by atoms with Gasteiger partial charge in [-0.25, -0.2) is 4.39 Å². The number of carbonyl (C=O) groups excluding carboxylic acids is 3. The molecule has 0 aromatic heterocycles. The van der Waals surface area contributed by atoms with Crippen molar-refractivity contribution in [2.75, 3.05) is 0 Å². The Labute approximate surface area is 195 Å². The fourth-order valence-electron chi connectivity index (χ4n) is 3.68. The zero-order valence-electron chi connectivity index (χ0n) is 19.7. The topological polar surface area (TPSA) is 63.2 Å². The molecule has 2 aromatic carbocycles. The van der Waals surface area contributed by atoms with E-state index in [1.807, 2.05) is 26.0 Å². The van der Waals surface area contributed by atoms with E-state index in [0.717, 1.165) is 12.8 Å². The van der Waals surface area contributed by atoms with Gasteiger partial charge in [0.1, 0.15) is 17.5 Å². The van der Waals surface area contributed by atoms with Gasteiger partial charge in [0.05, 0.1) is 5.92 Å². The van der Waals surface area contributed by atoms with Crippen molar-refractivity contribution in [1.82, 2.24) is 5.32 Å². The van der Waals surface area contributed by atoms with Gasteiger partial charge in [-0.1, -0.05) is 70.2 Å². The van der Waals surface area contributed by atoms with Crippen LogP contribution in [0.5, 0.6) is 0 Å². The van der Waals surface area contributed by atoms with Gasteiger partial charge in [-0.3, -0.25) is 14.4 Å². The highest BCUT2D eigenvalue weighted by Crippen LogP contribution is 2.32. The van der Waals surface area contributed by atoms with E-state index in [4.69, 9.17) is 0 Å². The van der Waals surface area contributed by atoms with Crippen LogP contribution in [0.3, 0.4) is 0 Å². The number of Topliss-reactive ketones (excluding diaryl/α,β-unsaturated/α-hetero) is 2. The molecule has 174 valence electrons. The Morgan fingerprint density at radius 3 is 2.09 bits per heavy atom. The second kappa shape index (κ2) is 12.6. The molecule has 3 rings (SSSR count). The maximum atomic E-state index is 13.5. The first-order valence-corrected chi connectivity index (χ1v) is 11.4. The molecule has 0 bridgehead atoms. The molecular weight excluding hydrogens is 417 g/mol. The van der Waals surface area contributed by atoms with Crippen LogP contribution in [0, 0.1) is 17.7 Å². The fraction of sp³-hybridized carbons (Fsp3) is 0.321. The average molecular weight is 450 g/mol. The predicted molar refractivity (Wildman–Crippen MR) is 129 cm³/mol. The van der Waals surface area contributed by atoms with Crippen molar-refractivity contribution in [3.63, 3.8) is 0 Å². The van der Waals surface area contributed by atoms with Crippen molar-refractivity contribution in [2.45, 2.75) is 46.5 Å². The van der Waals surface area contributed by atoms with E-state index < -0.39 is 35.3 Å². The quantitative estimate of drug-likeness (QED) is 0.396. The molecule has 2 atom stereocenters. The Hall–Kier alpha value is -3.34. The molecule has 5 heteroatoms. The smallest absolute Gasteiger partial charge is 0.236 e. The summed E-state index contributed by atoms with van der Waals surface area (Å²) in [7, 11) is 0. The number of hydrogen-bond donors (Lipinski definition) is 1. The lowest BCUT2D eigenvalue weighted by molar-refractivity contribution is -0.136.